The summed E-state index contributed by atoms with van der Waals surface area (Å²) in [4.78, 5) is 26.2. The van der Waals surface area contributed by atoms with Crippen LogP contribution in [-0.2, 0) is 23.1 Å². The minimum Gasteiger partial charge on any atom is -0.507 e. The van der Waals surface area contributed by atoms with Gasteiger partial charge in [-0.25, -0.2) is 0 Å². The molecular weight excluding hydrogens is 492 g/mol. The van der Waals surface area contributed by atoms with Gasteiger partial charge in [0.1, 0.15) is 28.8 Å². The molecule has 2 bridgehead atoms. The zero-order valence-corrected chi connectivity index (χ0v) is 22.5. The number of likely N-dealkylation sites (N-methyl/N-ethyl adjacent to an activating group) is 1. The van der Waals surface area contributed by atoms with Crippen LogP contribution in [0.5, 0.6) is 5.75 Å². The van der Waals surface area contributed by atoms with E-state index in [1.807, 2.05) is 24.3 Å². The van der Waals surface area contributed by atoms with Crippen LogP contribution in [0.1, 0.15) is 65.6 Å². The van der Waals surface area contributed by atoms with Crippen molar-refractivity contribution in [2.24, 2.45) is 5.92 Å². The number of Topliss-reactive ketones (excluding diaryl/α,β-unsaturated/α-hetero) is 1. The molecule has 1 amide bonds. The van der Waals surface area contributed by atoms with Crippen molar-refractivity contribution in [1.82, 2.24) is 5.32 Å². The van der Waals surface area contributed by atoms with Crippen LogP contribution < -0.4 is 5.32 Å². The van der Waals surface area contributed by atoms with E-state index in [-0.39, 0.29) is 35.5 Å². The molecule has 7 nitrogen and oxygen atoms in total. The van der Waals surface area contributed by atoms with Crippen molar-refractivity contribution in [1.29, 1.82) is 0 Å². The Morgan fingerprint density at radius 2 is 2.03 bits per heavy atom. The van der Waals surface area contributed by atoms with Crippen molar-refractivity contribution >= 4 is 22.7 Å². The fraction of sp³-hybridized carbons (Fsp3) is 0.500. The highest BCUT2D eigenvalue weighted by molar-refractivity contribution is 5.98. The highest BCUT2D eigenvalue weighted by Gasteiger charge is 2.70. The number of rotatable bonds is 6. The number of carbonyl (C=O) groups excluding carboxylic acids is 2. The van der Waals surface area contributed by atoms with Crippen LogP contribution in [0.2, 0.25) is 0 Å². The number of nitrogens with one attached hydrogen (secondary N) is 1. The number of phenols is 1. The first kappa shape index (κ1) is 24.9. The van der Waals surface area contributed by atoms with E-state index in [0.717, 1.165) is 45.6 Å². The minimum atomic E-state index is -1.08. The van der Waals surface area contributed by atoms with Gasteiger partial charge in [-0.15, -0.1) is 0 Å². The number of hydrogen-bond donors (Lipinski definition) is 3. The number of phenolic OH excluding ortho intramolecular Hbond substituents is 1. The van der Waals surface area contributed by atoms with Crippen LogP contribution in [0.4, 0.5) is 0 Å². The van der Waals surface area contributed by atoms with Crippen molar-refractivity contribution in [2.45, 2.75) is 68.4 Å². The third-order valence-corrected chi connectivity index (χ3v) is 10.5. The first-order chi connectivity index (χ1) is 18.7. The van der Waals surface area contributed by atoms with E-state index in [9.17, 15) is 19.8 Å². The zero-order chi connectivity index (χ0) is 27.0. The summed E-state index contributed by atoms with van der Waals surface area (Å²) in [5, 5.41) is 28.1. The lowest BCUT2D eigenvalue weighted by Crippen LogP contribution is -2.78. The first-order valence-corrected chi connectivity index (χ1v) is 14.4. The molecule has 39 heavy (non-hydrogen) atoms. The standard InChI is InChI=1S/C32H36N2O5/c1-34(19-21-2-3-21)14-12-31-18-24(35)8-11-32(31,38)27(34)17-23-5-6-25(29(36)28(23)31)30(37)33-13-9-20-4-7-26-22(16-20)10-15-39-26/h4-7,10,15-16,21,27,38H,2-3,8-9,11-14,17-19H2,1H3,(H-,33,36,37)/p+1/t27?,31?,32-,34+/m1/s1. The van der Waals surface area contributed by atoms with E-state index in [4.69, 9.17) is 4.42 Å². The molecule has 3 aliphatic carbocycles. The molecule has 7 rings (SSSR count). The molecule has 3 N–H and O–H groups in total. The molecule has 2 unspecified atom stereocenters. The zero-order valence-electron chi connectivity index (χ0n) is 22.5. The topological polar surface area (TPSA) is 99.8 Å². The Labute approximate surface area is 228 Å². The third kappa shape index (κ3) is 3.77. The summed E-state index contributed by atoms with van der Waals surface area (Å²) in [6.07, 6.45) is 7.14. The van der Waals surface area contributed by atoms with E-state index >= 15 is 0 Å². The van der Waals surface area contributed by atoms with Crippen molar-refractivity contribution in [3.63, 3.8) is 0 Å². The Balaban J connectivity index is 1.19. The van der Waals surface area contributed by atoms with Gasteiger partial charge >= 0.3 is 0 Å². The summed E-state index contributed by atoms with van der Waals surface area (Å²) in [5.41, 5.74) is 1.83. The number of likely N-dealkylation sites (tertiary alicyclic amines) is 1. The van der Waals surface area contributed by atoms with E-state index in [0.29, 0.717) is 44.2 Å². The molecule has 3 aromatic rings. The monoisotopic (exact) mass is 529 g/mol. The maximum absolute atomic E-state index is 13.3. The number of aromatic hydroxyl groups is 1. The van der Waals surface area contributed by atoms with Crippen LogP contribution >= 0.6 is 0 Å². The molecule has 1 saturated heterocycles. The first-order valence-electron chi connectivity index (χ1n) is 14.4. The van der Waals surface area contributed by atoms with Crippen molar-refractivity contribution in [2.75, 3.05) is 26.7 Å². The summed E-state index contributed by atoms with van der Waals surface area (Å²) < 4.78 is 6.23. The number of piperidine rings is 1. The Hall–Kier alpha value is -3.16. The number of fused-ring (bicyclic) bond motifs is 2. The molecule has 4 atom stereocenters. The van der Waals surface area contributed by atoms with Crippen LogP contribution in [0.25, 0.3) is 11.0 Å². The Morgan fingerprint density at radius 3 is 2.85 bits per heavy atom. The van der Waals surface area contributed by atoms with Gasteiger partial charge in [0.15, 0.2) is 0 Å². The summed E-state index contributed by atoms with van der Waals surface area (Å²) >= 11 is 0. The highest BCUT2D eigenvalue weighted by Crippen LogP contribution is 2.61. The maximum atomic E-state index is 13.3. The third-order valence-electron chi connectivity index (χ3n) is 10.5. The predicted molar refractivity (Wildman–Crippen MR) is 147 cm³/mol. The second kappa shape index (κ2) is 8.67. The lowest BCUT2D eigenvalue weighted by molar-refractivity contribution is -0.950. The molecule has 3 fully saturated rings. The van der Waals surface area contributed by atoms with Crippen LogP contribution in [0.15, 0.2) is 47.1 Å². The fourth-order valence-corrected chi connectivity index (χ4v) is 8.30. The SMILES string of the molecule is C[N@@+]1(CC2CC2)CCC23CC(=O)CC[C@@]2(O)C1Cc1ccc(C(=O)NCCc2ccc4occc4c2)c(O)c13. The number of aliphatic hydroxyl groups is 1. The summed E-state index contributed by atoms with van der Waals surface area (Å²) in [5.74, 6) is 0.455. The van der Waals surface area contributed by atoms with Gasteiger partial charge in [0.05, 0.1) is 32.0 Å². The number of hydrogen-bond acceptors (Lipinski definition) is 5. The maximum Gasteiger partial charge on any atom is 0.255 e. The van der Waals surface area contributed by atoms with E-state index in [1.165, 1.54) is 12.8 Å². The molecular formula is C32H37N2O5+. The van der Waals surface area contributed by atoms with Gasteiger partial charge in [-0.05, 0) is 61.1 Å². The molecule has 7 heteroatoms. The van der Waals surface area contributed by atoms with Crippen LogP contribution in [-0.4, -0.2) is 64.7 Å². The molecule has 1 aliphatic heterocycles. The lowest BCUT2D eigenvalue weighted by Gasteiger charge is -2.65. The van der Waals surface area contributed by atoms with Crippen molar-refractivity contribution in [3.05, 3.63) is 64.9 Å². The van der Waals surface area contributed by atoms with Gasteiger partial charge in [-0.2, -0.15) is 0 Å². The quantitative estimate of drug-likeness (QED) is 0.419. The number of carbonyl (C=O) groups is 2. The van der Waals surface area contributed by atoms with Crippen molar-refractivity contribution < 1.29 is 28.7 Å². The molecule has 204 valence electrons. The normalized spacial score (nSPS) is 31.5. The Bertz CT molecular complexity index is 1490. The number of nitrogens with zero attached hydrogens (tertiary/aromatic N) is 1. The molecule has 2 aromatic carbocycles. The predicted octanol–water partition coefficient (Wildman–Crippen LogP) is 4.02. The smallest absolute Gasteiger partial charge is 0.255 e. The van der Waals surface area contributed by atoms with Gasteiger partial charge in [0.25, 0.3) is 5.91 Å². The lowest BCUT2D eigenvalue weighted by atomic mass is 9.48. The summed E-state index contributed by atoms with van der Waals surface area (Å²) in [6, 6.07) is 11.5. The molecule has 2 saturated carbocycles. The van der Waals surface area contributed by atoms with Gasteiger partial charge in [-0.3, -0.25) is 9.59 Å². The van der Waals surface area contributed by atoms with Crippen LogP contribution in [0, 0.1) is 5.92 Å². The van der Waals surface area contributed by atoms with Crippen LogP contribution in [0.3, 0.4) is 0 Å². The number of quaternary nitrogens is 1. The Kier molecular flexibility index (Phi) is 5.52. The van der Waals surface area contributed by atoms with E-state index < -0.39 is 11.0 Å². The number of furan rings is 1. The second-order valence-electron chi connectivity index (χ2n) is 12.8. The number of ketones is 1. The van der Waals surface area contributed by atoms with Gasteiger partial charge in [0, 0.05) is 54.5 Å². The molecule has 0 radical (unpaired) electrons. The van der Waals surface area contributed by atoms with Gasteiger partial charge < -0.3 is 24.4 Å². The number of amides is 1. The minimum absolute atomic E-state index is 0.0147. The average molecular weight is 530 g/mol. The van der Waals surface area contributed by atoms with E-state index in [1.54, 1.807) is 12.3 Å². The van der Waals surface area contributed by atoms with E-state index in [2.05, 4.69) is 18.4 Å². The van der Waals surface area contributed by atoms with Gasteiger partial charge in [-0.1, -0.05) is 12.1 Å². The second-order valence-corrected chi connectivity index (χ2v) is 12.8. The molecule has 0 spiro atoms. The summed E-state index contributed by atoms with van der Waals surface area (Å²) in [6.45, 7) is 2.35. The molecule has 1 aromatic heterocycles. The van der Waals surface area contributed by atoms with Gasteiger partial charge in [0.2, 0.25) is 0 Å². The molecule has 2 heterocycles. The Morgan fingerprint density at radius 1 is 1.18 bits per heavy atom. The average Bonchev–Trinajstić information content (AvgIpc) is 3.59. The highest BCUT2D eigenvalue weighted by atomic mass is 16.3. The van der Waals surface area contributed by atoms with Crippen molar-refractivity contribution in [3.8, 4) is 5.75 Å². The number of benzene rings is 2. The molecule has 4 aliphatic rings. The fourth-order valence-electron chi connectivity index (χ4n) is 8.30. The summed E-state index contributed by atoms with van der Waals surface area (Å²) in [7, 11) is 2.28. The largest absolute Gasteiger partial charge is 0.507 e.